The minimum atomic E-state index is -0.207. The third-order valence-corrected chi connectivity index (χ3v) is 6.10. The predicted octanol–water partition coefficient (Wildman–Crippen LogP) is 2.51. The van der Waals surface area contributed by atoms with Gasteiger partial charge in [-0.25, -0.2) is 0 Å². The second-order valence-electron chi connectivity index (χ2n) is 7.63. The summed E-state index contributed by atoms with van der Waals surface area (Å²) in [4.78, 5) is 29.7. The minimum absolute atomic E-state index is 0.0906. The number of likely N-dealkylation sites (tertiary alicyclic amines) is 1. The zero-order chi connectivity index (χ0) is 17.8. The lowest BCUT2D eigenvalue weighted by molar-refractivity contribution is -0.131. The average molecular weight is 364 g/mol. The first-order valence-electron chi connectivity index (χ1n) is 9.28. The lowest BCUT2D eigenvalue weighted by atomic mass is 10.1. The van der Waals surface area contributed by atoms with Crippen molar-refractivity contribution in [3.63, 3.8) is 0 Å². The van der Waals surface area contributed by atoms with Gasteiger partial charge in [0, 0.05) is 38.0 Å². The molecule has 2 unspecified atom stereocenters. The van der Waals surface area contributed by atoms with Gasteiger partial charge >= 0.3 is 0 Å². The first-order chi connectivity index (χ1) is 12.0. The van der Waals surface area contributed by atoms with Gasteiger partial charge in [-0.05, 0) is 49.6 Å². The number of amides is 2. The molecule has 2 aliphatic rings. The Morgan fingerprint density at radius 3 is 2.72 bits per heavy atom. The van der Waals surface area contributed by atoms with E-state index in [2.05, 4.69) is 17.3 Å². The summed E-state index contributed by atoms with van der Waals surface area (Å²) in [6, 6.07) is 3.74. The van der Waals surface area contributed by atoms with Crippen LogP contribution >= 0.6 is 11.3 Å². The summed E-state index contributed by atoms with van der Waals surface area (Å²) in [6.45, 7) is 5.49. The molecule has 2 heterocycles. The van der Waals surface area contributed by atoms with E-state index in [1.165, 1.54) is 26.3 Å². The SMILES string of the molecule is CC(=O)NC(CC(=O)N1CCC(CN(C)CC2CC2)C1)c1cccs1. The molecule has 1 aromatic rings. The molecule has 138 valence electrons. The standard InChI is InChI=1S/C19H29N3O2S/c1-14(23)20-17(18-4-3-9-25-18)10-19(24)22-8-7-16(13-22)12-21(2)11-15-5-6-15/h3-4,9,15-17H,5-8,10-13H2,1-2H3,(H,20,23). The molecule has 1 aromatic heterocycles. The third-order valence-electron chi connectivity index (χ3n) is 5.12. The predicted molar refractivity (Wildman–Crippen MR) is 100 cm³/mol. The fourth-order valence-electron chi connectivity index (χ4n) is 3.73. The van der Waals surface area contributed by atoms with E-state index >= 15 is 0 Å². The Balaban J connectivity index is 1.49. The van der Waals surface area contributed by atoms with Crippen LogP contribution < -0.4 is 5.32 Å². The van der Waals surface area contributed by atoms with Crippen molar-refractivity contribution in [2.75, 3.05) is 33.2 Å². The Morgan fingerprint density at radius 2 is 2.08 bits per heavy atom. The molecular formula is C19H29N3O2S. The number of carbonyl (C=O) groups excluding carboxylic acids is 2. The van der Waals surface area contributed by atoms with Gasteiger partial charge in [0.1, 0.15) is 0 Å². The largest absolute Gasteiger partial charge is 0.348 e. The van der Waals surface area contributed by atoms with Crippen LogP contribution in [0.4, 0.5) is 0 Å². The zero-order valence-corrected chi connectivity index (χ0v) is 16.1. The minimum Gasteiger partial charge on any atom is -0.348 e. The summed E-state index contributed by atoms with van der Waals surface area (Å²) in [7, 11) is 2.20. The van der Waals surface area contributed by atoms with Crippen molar-refractivity contribution in [2.45, 2.75) is 38.6 Å². The molecule has 0 spiro atoms. The van der Waals surface area contributed by atoms with Crippen molar-refractivity contribution in [3.8, 4) is 0 Å². The second-order valence-corrected chi connectivity index (χ2v) is 8.61. The lowest BCUT2D eigenvalue weighted by Gasteiger charge is -2.23. The van der Waals surface area contributed by atoms with Gasteiger partial charge in [0.2, 0.25) is 11.8 Å². The van der Waals surface area contributed by atoms with Crippen molar-refractivity contribution in [1.29, 1.82) is 0 Å². The van der Waals surface area contributed by atoms with E-state index in [-0.39, 0.29) is 17.9 Å². The summed E-state index contributed by atoms with van der Waals surface area (Å²) < 4.78 is 0. The quantitative estimate of drug-likeness (QED) is 0.772. The molecular weight excluding hydrogens is 334 g/mol. The van der Waals surface area contributed by atoms with Gasteiger partial charge in [-0.2, -0.15) is 0 Å². The highest BCUT2D eigenvalue weighted by atomic mass is 32.1. The number of nitrogens with one attached hydrogen (secondary N) is 1. The first kappa shape index (κ1) is 18.4. The first-order valence-corrected chi connectivity index (χ1v) is 10.2. The average Bonchev–Trinajstić information content (AvgIpc) is 3.04. The maximum Gasteiger partial charge on any atom is 0.225 e. The molecule has 1 aliphatic heterocycles. The molecule has 0 bridgehead atoms. The van der Waals surface area contributed by atoms with Crippen LogP contribution in [0, 0.1) is 11.8 Å². The van der Waals surface area contributed by atoms with E-state index in [1.54, 1.807) is 11.3 Å². The van der Waals surface area contributed by atoms with Gasteiger partial charge in [-0.15, -0.1) is 11.3 Å². The van der Waals surface area contributed by atoms with Crippen LogP contribution in [0.3, 0.4) is 0 Å². The molecule has 1 saturated heterocycles. The van der Waals surface area contributed by atoms with Crippen LogP contribution in [-0.2, 0) is 9.59 Å². The Labute approximate surface area is 154 Å². The highest BCUT2D eigenvalue weighted by molar-refractivity contribution is 7.10. The van der Waals surface area contributed by atoms with E-state index in [4.69, 9.17) is 0 Å². The molecule has 25 heavy (non-hydrogen) atoms. The van der Waals surface area contributed by atoms with E-state index < -0.39 is 0 Å². The molecule has 1 N–H and O–H groups in total. The maximum atomic E-state index is 12.7. The highest BCUT2D eigenvalue weighted by Crippen LogP contribution is 2.30. The molecule has 0 aromatic carbocycles. The summed E-state index contributed by atoms with van der Waals surface area (Å²) in [5.41, 5.74) is 0. The van der Waals surface area contributed by atoms with Crippen molar-refractivity contribution < 1.29 is 9.59 Å². The number of rotatable bonds is 8. The molecule has 1 aliphatic carbocycles. The molecule has 6 heteroatoms. The van der Waals surface area contributed by atoms with Crippen LogP contribution in [0.15, 0.2) is 17.5 Å². The lowest BCUT2D eigenvalue weighted by Crippen LogP contribution is -2.35. The summed E-state index contributed by atoms with van der Waals surface area (Å²) in [5, 5.41) is 4.91. The van der Waals surface area contributed by atoms with Crippen molar-refractivity contribution in [1.82, 2.24) is 15.1 Å². The number of thiophene rings is 1. The number of hydrogen-bond acceptors (Lipinski definition) is 4. The molecule has 3 rings (SSSR count). The normalized spacial score (nSPS) is 21.6. The molecule has 5 nitrogen and oxygen atoms in total. The van der Waals surface area contributed by atoms with Crippen LogP contribution in [0.2, 0.25) is 0 Å². The Morgan fingerprint density at radius 1 is 1.32 bits per heavy atom. The van der Waals surface area contributed by atoms with Crippen molar-refractivity contribution >= 4 is 23.2 Å². The number of carbonyl (C=O) groups is 2. The van der Waals surface area contributed by atoms with Crippen molar-refractivity contribution in [3.05, 3.63) is 22.4 Å². The molecule has 2 atom stereocenters. The molecule has 1 saturated carbocycles. The van der Waals surface area contributed by atoms with Crippen molar-refractivity contribution in [2.24, 2.45) is 11.8 Å². The van der Waals surface area contributed by atoms with E-state index in [9.17, 15) is 9.59 Å². The fourth-order valence-corrected chi connectivity index (χ4v) is 4.50. The Bertz CT molecular complexity index is 585. The maximum absolute atomic E-state index is 12.7. The van der Waals surface area contributed by atoms with Crippen LogP contribution in [0.1, 0.15) is 43.5 Å². The topological polar surface area (TPSA) is 52.7 Å². The van der Waals surface area contributed by atoms with E-state index in [0.717, 1.165) is 36.9 Å². The van der Waals surface area contributed by atoms with Gasteiger partial charge in [-0.1, -0.05) is 6.07 Å². The molecule has 2 amide bonds. The van der Waals surface area contributed by atoms with E-state index in [0.29, 0.717) is 12.3 Å². The van der Waals surface area contributed by atoms with Gasteiger partial charge in [-0.3, -0.25) is 9.59 Å². The summed E-state index contributed by atoms with van der Waals surface area (Å²) >= 11 is 1.59. The van der Waals surface area contributed by atoms with Crippen LogP contribution in [0.5, 0.6) is 0 Å². The molecule has 2 fully saturated rings. The van der Waals surface area contributed by atoms with E-state index in [1.807, 2.05) is 22.4 Å². The Kier molecular flexibility index (Phi) is 6.12. The second kappa shape index (κ2) is 8.32. The van der Waals surface area contributed by atoms with Crippen LogP contribution in [-0.4, -0.2) is 54.8 Å². The Hall–Kier alpha value is -1.40. The number of hydrogen-bond donors (Lipinski definition) is 1. The smallest absolute Gasteiger partial charge is 0.225 e. The van der Waals surface area contributed by atoms with Crippen LogP contribution in [0.25, 0.3) is 0 Å². The zero-order valence-electron chi connectivity index (χ0n) is 15.2. The van der Waals surface area contributed by atoms with Gasteiger partial charge in [0.05, 0.1) is 12.5 Å². The number of nitrogens with zero attached hydrogens (tertiary/aromatic N) is 2. The summed E-state index contributed by atoms with van der Waals surface area (Å²) in [6.07, 6.45) is 4.20. The van der Waals surface area contributed by atoms with Gasteiger partial charge in [0.25, 0.3) is 0 Å². The third kappa shape index (κ3) is 5.54. The summed E-state index contributed by atoms with van der Waals surface area (Å²) in [5.74, 6) is 1.55. The molecule has 0 radical (unpaired) electrons. The highest BCUT2D eigenvalue weighted by Gasteiger charge is 2.30. The van der Waals surface area contributed by atoms with Gasteiger partial charge < -0.3 is 15.1 Å². The van der Waals surface area contributed by atoms with Gasteiger partial charge in [0.15, 0.2) is 0 Å². The fraction of sp³-hybridized carbons (Fsp3) is 0.684. The monoisotopic (exact) mass is 363 g/mol.